The van der Waals surface area contributed by atoms with Gasteiger partial charge in [-0.1, -0.05) is 0 Å². The van der Waals surface area contributed by atoms with Crippen molar-refractivity contribution in [3.63, 3.8) is 0 Å². The largest absolute Gasteiger partial charge is 0.468 e. The molecule has 0 spiro atoms. The molecule has 168 valence electrons. The first-order chi connectivity index (χ1) is 15.5. The molecule has 10 nitrogen and oxygen atoms in total. The minimum Gasteiger partial charge on any atom is -0.468 e. The Hall–Kier alpha value is -3.66. The van der Waals surface area contributed by atoms with Crippen molar-refractivity contribution in [2.75, 3.05) is 62.1 Å². The fraction of sp³-hybridized carbons (Fsp3) is 0.364. The summed E-state index contributed by atoms with van der Waals surface area (Å²) in [5.41, 5.74) is 3.09. The number of benzene rings is 1. The Labute approximate surface area is 185 Å². The number of hydrogen-bond acceptors (Lipinski definition) is 8. The Kier molecular flexibility index (Phi) is 6.22. The fourth-order valence-corrected chi connectivity index (χ4v) is 3.52. The molecule has 0 bridgehead atoms. The monoisotopic (exact) mass is 438 g/mol. The molecule has 1 amide bonds. The third-order valence-corrected chi connectivity index (χ3v) is 5.43. The number of amides is 1. The van der Waals surface area contributed by atoms with E-state index in [9.17, 15) is 9.59 Å². The number of esters is 1. The Balaban J connectivity index is 1.64. The first-order valence-corrected chi connectivity index (χ1v) is 10.3. The van der Waals surface area contributed by atoms with Crippen LogP contribution in [0.25, 0.3) is 10.9 Å². The molecule has 0 aliphatic carbocycles. The van der Waals surface area contributed by atoms with Gasteiger partial charge in [0.05, 0.1) is 20.3 Å². The van der Waals surface area contributed by atoms with E-state index in [0.717, 1.165) is 22.2 Å². The lowest BCUT2D eigenvalue weighted by molar-refractivity contribution is -0.138. The molecule has 4 rings (SSSR count). The molecule has 2 aromatic heterocycles. The number of carbonyl (C=O) groups excluding carboxylic acids is 2. The minimum atomic E-state index is -0.434. The molecule has 1 aliphatic heterocycles. The highest BCUT2D eigenvalue weighted by Gasteiger charge is 2.21. The number of carbonyl (C=O) groups is 2. The second-order valence-electron chi connectivity index (χ2n) is 7.53. The second kappa shape index (κ2) is 9.23. The van der Waals surface area contributed by atoms with Crippen LogP contribution in [0.5, 0.6) is 0 Å². The van der Waals surface area contributed by atoms with Crippen molar-refractivity contribution in [3.8, 4) is 0 Å². The number of hydrogen-bond donors (Lipinski definition) is 2. The number of morpholine rings is 1. The van der Waals surface area contributed by atoms with E-state index in [1.807, 2.05) is 36.2 Å². The van der Waals surface area contributed by atoms with Crippen LogP contribution in [0.4, 0.5) is 17.5 Å². The summed E-state index contributed by atoms with van der Waals surface area (Å²) in [4.78, 5) is 40.7. The van der Waals surface area contributed by atoms with Gasteiger partial charge in [-0.3, -0.25) is 9.59 Å². The van der Waals surface area contributed by atoms with Gasteiger partial charge in [-0.25, -0.2) is 4.98 Å². The zero-order valence-electron chi connectivity index (χ0n) is 18.3. The van der Waals surface area contributed by atoms with Gasteiger partial charge in [-0.15, -0.1) is 0 Å². The average Bonchev–Trinajstić information content (AvgIpc) is 3.21. The average molecular weight is 438 g/mol. The molecule has 2 N–H and O–H groups in total. The molecule has 3 aromatic rings. The van der Waals surface area contributed by atoms with Gasteiger partial charge >= 0.3 is 5.97 Å². The fourth-order valence-electron chi connectivity index (χ4n) is 3.52. The zero-order chi connectivity index (χ0) is 22.7. The number of fused-ring (bicyclic) bond motifs is 1. The molecule has 0 radical (unpaired) electrons. The molecule has 0 saturated carbocycles. The predicted octanol–water partition coefficient (Wildman–Crippen LogP) is 1.96. The molecule has 1 saturated heterocycles. The van der Waals surface area contributed by atoms with E-state index in [-0.39, 0.29) is 18.1 Å². The normalized spacial score (nSPS) is 13.8. The number of nitrogens with one attached hydrogen (secondary N) is 2. The van der Waals surface area contributed by atoms with Crippen LogP contribution in [0.3, 0.4) is 0 Å². The molecule has 1 aliphatic rings. The number of nitrogens with zero attached hydrogens (tertiary/aromatic N) is 4. The van der Waals surface area contributed by atoms with Crippen molar-refractivity contribution < 1.29 is 19.1 Å². The first-order valence-electron chi connectivity index (χ1n) is 10.3. The van der Waals surface area contributed by atoms with Crippen LogP contribution in [0.2, 0.25) is 0 Å². The molecule has 32 heavy (non-hydrogen) atoms. The summed E-state index contributed by atoms with van der Waals surface area (Å²) in [5.74, 6) is 0.0738. The van der Waals surface area contributed by atoms with Gasteiger partial charge in [0.2, 0.25) is 5.95 Å². The number of anilines is 3. The predicted molar refractivity (Wildman–Crippen MR) is 121 cm³/mol. The van der Waals surface area contributed by atoms with Gasteiger partial charge in [0.1, 0.15) is 18.1 Å². The highest BCUT2D eigenvalue weighted by atomic mass is 16.5. The van der Waals surface area contributed by atoms with Crippen molar-refractivity contribution in [2.45, 2.75) is 6.92 Å². The van der Waals surface area contributed by atoms with Crippen LogP contribution in [-0.2, 0) is 14.3 Å². The quantitative estimate of drug-likeness (QED) is 0.562. The van der Waals surface area contributed by atoms with Crippen LogP contribution < -0.4 is 15.1 Å². The number of methoxy groups -OCH3 is 1. The van der Waals surface area contributed by atoms with E-state index in [4.69, 9.17) is 4.74 Å². The molecule has 1 aromatic carbocycles. The SMILES string of the molecule is COC(=O)CNc1cc(C(=O)N(C)c2ccc3[nH]cc(C)c3c2)nc(N2CCOCC2)n1. The molecule has 1 fully saturated rings. The smallest absolute Gasteiger partial charge is 0.325 e. The van der Waals surface area contributed by atoms with Crippen LogP contribution in [0, 0.1) is 6.92 Å². The van der Waals surface area contributed by atoms with E-state index in [1.54, 1.807) is 18.0 Å². The third kappa shape index (κ3) is 4.50. The number of aromatic nitrogens is 3. The number of ether oxygens (including phenoxy) is 2. The van der Waals surface area contributed by atoms with Gasteiger partial charge in [0.15, 0.2) is 0 Å². The Morgan fingerprint density at radius 3 is 2.78 bits per heavy atom. The van der Waals surface area contributed by atoms with Gasteiger partial charge in [0.25, 0.3) is 5.91 Å². The molecule has 0 atom stereocenters. The molecule has 3 heterocycles. The number of rotatable bonds is 6. The third-order valence-electron chi connectivity index (χ3n) is 5.43. The Morgan fingerprint density at radius 2 is 2.03 bits per heavy atom. The summed E-state index contributed by atoms with van der Waals surface area (Å²) >= 11 is 0. The molecule has 10 heteroatoms. The number of aryl methyl sites for hydroxylation is 1. The lowest BCUT2D eigenvalue weighted by Crippen LogP contribution is -2.38. The Morgan fingerprint density at radius 1 is 1.25 bits per heavy atom. The van der Waals surface area contributed by atoms with Crippen LogP contribution in [0.1, 0.15) is 16.1 Å². The second-order valence-corrected chi connectivity index (χ2v) is 7.53. The van der Waals surface area contributed by atoms with E-state index < -0.39 is 5.97 Å². The van der Waals surface area contributed by atoms with Crippen LogP contribution in [-0.4, -0.2) is 73.8 Å². The summed E-state index contributed by atoms with van der Waals surface area (Å²) in [6, 6.07) is 7.35. The summed E-state index contributed by atoms with van der Waals surface area (Å²) in [7, 11) is 3.03. The van der Waals surface area contributed by atoms with Crippen molar-refractivity contribution in [3.05, 3.63) is 41.7 Å². The highest BCUT2D eigenvalue weighted by Crippen LogP contribution is 2.25. The topological polar surface area (TPSA) is 113 Å². The molecular weight excluding hydrogens is 412 g/mol. The van der Waals surface area contributed by atoms with E-state index in [2.05, 4.69) is 25.0 Å². The maximum Gasteiger partial charge on any atom is 0.325 e. The zero-order valence-corrected chi connectivity index (χ0v) is 18.3. The minimum absolute atomic E-state index is 0.0665. The van der Waals surface area contributed by atoms with Gasteiger partial charge in [-0.2, -0.15) is 4.98 Å². The summed E-state index contributed by atoms with van der Waals surface area (Å²) in [5, 5.41) is 3.97. The standard InChI is InChI=1S/C22H26N6O4/c1-14-12-23-17-5-4-15(10-16(14)17)27(2)21(30)18-11-19(24-13-20(29)31-3)26-22(25-18)28-6-8-32-9-7-28/h4-5,10-12,23H,6-9,13H2,1-3H3,(H,24,25,26). The molecular formula is C22H26N6O4. The first kappa shape index (κ1) is 21.6. The van der Waals surface area contributed by atoms with Gasteiger partial charge in [0, 0.05) is 49.0 Å². The number of aromatic amines is 1. The van der Waals surface area contributed by atoms with Crippen LogP contribution >= 0.6 is 0 Å². The Bertz CT molecular complexity index is 1140. The van der Waals surface area contributed by atoms with E-state index in [0.29, 0.717) is 38.1 Å². The van der Waals surface area contributed by atoms with Crippen molar-refractivity contribution >= 4 is 40.2 Å². The summed E-state index contributed by atoms with van der Waals surface area (Å²) in [6.45, 7) is 4.30. The van der Waals surface area contributed by atoms with Crippen LogP contribution in [0.15, 0.2) is 30.5 Å². The van der Waals surface area contributed by atoms with E-state index >= 15 is 0 Å². The van der Waals surface area contributed by atoms with Crippen molar-refractivity contribution in [2.24, 2.45) is 0 Å². The summed E-state index contributed by atoms with van der Waals surface area (Å²) in [6.07, 6.45) is 1.94. The lowest BCUT2D eigenvalue weighted by Gasteiger charge is -2.27. The summed E-state index contributed by atoms with van der Waals surface area (Å²) < 4.78 is 10.1. The van der Waals surface area contributed by atoms with E-state index in [1.165, 1.54) is 7.11 Å². The maximum atomic E-state index is 13.4. The maximum absolute atomic E-state index is 13.4. The number of H-pyrrole nitrogens is 1. The molecule has 0 unspecified atom stereocenters. The lowest BCUT2D eigenvalue weighted by atomic mass is 10.1. The van der Waals surface area contributed by atoms with Crippen molar-refractivity contribution in [1.29, 1.82) is 0 Å². The van der Waals surface area contributed by atoms with Gasteiger partial charge in [-0.05, 0) is 30.7 Å². The highest BCUT2D eigenvalue weighted by molar-refractivity contribution is 6.06. The van der Waals surface area contributed by atoms with Crippen molar-refractivity contribution in [1.82, 2.24) is 15.0 Å². The van der Waals surface area contributed by atoms with Gasteiger partial charge < -0.3 is 29.6 Å².